The highest BCUT2D eigenvalue weighted by Gasteiger charge is 2.08. The second kappa shape index (κ2) is 13.2. The van der Waals surface area contributed by atoms with Crippen LogP contribution in [0.1, 0.15) is 51.4 Å². The Morgan fingerprint density at radius 1 is 0.938 bits per heavy atom. The first-order chi connectivity index (χ1) is 7.85. The van der Waals surface area contributed by atoms with Crippen LogP contribution in [-0.4, -0.2) is 17.6 Å². The van der Waals surface area contributed by atoms with E-state index in [1.54, 1.807) is 0 Å². The van der Waals surface area contributed by atoms with E-state index in [1.165, 1.54) is 12.8 Å². The van der Waals surface area contributed by atoms with Crippen LogP contribution in [0.15, 0.2) is 0 Å². The van der Waals surface area contributed by atoms with E-state index in [4.69, 9.17) is 9.63 Å². The molecule has 6 heteroatoms. The summed E-state index contributed by atoms with van der Waals surface area (Å²) in [6.45, 7) is 0.288. The van der Waals surface area contributed by atoms with Crippen molar-refractivity contribution >= 4 is 17.1 Å². The van der Waals surface area contributed by atoms with Crippen LogP contribution in [-0.2, 0) is 13.7 Å². The van der Waals surface area contributed by atoms with Crippen LogP contribution >= 0.6 is 17.1 Å². The predicted molar refractivity (Wildman–Crippen MR) is 64.1 cm³/mol. The fourth-order valence-corrected chi connectivity index (χ4v) is 2.25. The first kappa shape index (κ1) is 16.1. The van der Waals surface area contributed by atoms with Crippen molar-refractivity contribution in [2.24, 2.45) is 0 Å². The molecule has 0 rings (SSSR count). The molecule has 1 unspecified atom stereocenters. The quantitative estimate of drug-likeness (QED) is 0.429. The van der Waals surface area contributed by atoms with Gasteiger partial charge in [0.15, 0.2) is 14.3 Å². The molecular formula is C10H20O4P2. The van der Waals surface area contributed by atoms with Gasteiger partial charge in [-0.3, -0.25) is 9.09 Å². The predicted octanol–water partition coefficient (Wildman–Crippen LogP) is 3.94. The molecule has 0 aromatic rings. The monoisotopic (exact) mass is 266 g/mol. The maximum absolute atomic E-state index is 10.5. The Morgan fingerprint density at radius 3 is 2.00 bits per heavy atom. The summed E-state index contributed by atoms with van der Waals surface area (Å²) in [5.74, 6) is -0.423. The van der Waals surface area contributed by atoms with E-state index in [9.17, 15) is 9.13 Å². The van der Waals surface area contributed by atoms with Crippen LogP contribution in [0.3, 0.4) is 0 Å². The normalized spacial score (nSPS) is 13.3. The van der Waals surface area contributed by atoms with Crippen molar-refractivity contribution < 1.29 is 18.8 Å². The third-order valence-corrected chi connectivity index (χ3v) is 3.50. The number of unbranched alkanes of at least 4 members (excludes halogenated alkanes) is 6. The molecule has 0 aromatic carbocycles. The molecule has 0 fully saturated rings. The molecule has 0 aliphatic heterocycles. The highest BCUT2D eigenvalue weighted by Crippen LogP contribution is 2.21. The number of aliphatic hydroxyl groups excluding tert-OH is 1. The molecule has 0 saturated heterocycles. The van der Waals surface area contributed by atoms with Gasteiger partial charge in [-0.15, -0.1) is 0 Å². The van der Waals surface area contributed by atoms with E-state index in [-0.39, 0.29) is 15.1 Å². The van der Waals surface area contributed by atoms with Crippen LogP contribution in [0.25, 0.3) is 0 Å². The van der Waals surface area contributed by atoms with Crippen LogP contribution in [0.4, 0.5) is 0 Å². The lowest BCUT2D eigenvalue weighted by Gasteiger charge is -2.04. The lowest BCUT2D eigenvalue weighted by atomic mass is 10.1. The molecule has 1 N–H and O–H groups in total. The highest BCUT2D eigenvalue weighted by atomic mass is 31.1. The Hall–Kier alpha value is 0.120. The number of aliphatic hydroxyl groups is 1. The van der Waals surface area contributed by atoms with E-state index in [0.29, 0.717) is 6.42 Å². The third kappa shape index (κ3) is 10.6. The minimum Gasteiger partial charge on any atom is -0.396 e. The summed E-state index contributed by atoms with van der Waals surface area (Å²) >= 11 is 0. The lowest BCUT2D eigenvalue weighted by Crippen LogP contribution is -1.97. The maximum atomic E-state index is 10.5. The summed E-state index contributed by atoms with van der Waals surface area (Å²) < 4.78 is 25.4. The zero-order valence-corrected chi connectivity index (χ0v) is 11.3. The van der Waals surface area contributed by atoms with Gasteiger partial charge in [0.1, 0.15) is 0 Å². The Bertz CT molecular complexity index is 178. The Morgan fingerprint density at radius 2 is 1.50 bits per heavy atom. The lowest BCUT2D eigenvalue weighted by molar-refractivity contribution is 0.280. The van der Waals surface area contributed by atoms with Gasteiger partial charge in [0.05, 0.1) is 0 Å². The average Bonchev–Trinajstić information content (AvgIpc) is 2.31. The third-order valence-electron chi connectivity index (χ3n) is 2.39. The van der Waals surface area contributed by atoms with E-state index in [2.05, 4.69) is 0 Å². The summed E-state index contributed by atoms with van der Waals surface area (Å²) in [5.41, 5.74) is 0. The van der Waals surface area contributed by atoms with Gasteiger partial charge in [-0.25, -0.2) is 4.57 Å². The highest BCUT2D eigenvalue weighted by molar-refractivity contribution is 7.26. The van der Waals surface area contributed by atoms with Crippen molar-refractivity contribution in [3.63, 3.8) is 0 Å². The fraction of sp³-hybridized carbons (Fsp3) is 1.00. The van der Waals surface area contributed by atoms with E-state index >= 15 is 0 Å². The number of hydrogen-bond donors (Lipinski definition) is 1. The van der Waals surface area contributed by atoms with Crippen LogP contribution in [0.5, 0.6) is 0 Å². The average molecular weight is 266 g/mol. The van der Waals surface area contributed by atoms with Crippen molar-refractivity contribution in [2.45, 2.75) is 57.2 Å². The molecule has 0 radical (unpaired) electrons. The zero-order valence-electron chi connectivity index (χ0n) is 9.51. The molecule has 0 spiro atoms. The standard InChI is InChI=1S/C10H20O4P2/c11-9-7-5-3-1-2-4-6-8-10(15-12)14-16-13/h10-11H,1-9H2. The second-order valence-electron chi connectivity index (χ2n) is 3.73. The summed E-state index contributed by atoms with van der Waals surface area (Å²) in [5, 5.41) is 8.58. The Labute approximate surface area is 100 Å². The summed E-state index contributed by atoms with van der Waals surface area (Å²) in [6, 6.07) is 0. The Balaban J connectivity index is 3.18. The maximum Gasteiger partial charge on any atom is 0.328 e. The molecule has 0 aliphatic carbocycles. The molecule has 0 aromatic heterocycles. The van der Waals surface area contributed by atoms with Gasteiger partial charge in [0, 0.05) is 6.61 Å². The van der Waals surface area contributed by atoms with Crippen LogP contribution in [0.2, 0.25) is 0 Å². The molecule has 94 valence electrons. The molecular weight excluding hydrogens is 246 g/mol. The smallest absolute Gasteiger partial charge is 0.328 e. The zero-order chi connectivity index (χ0) is 12.1. The summed E-state index contributed by atoms with van der Waals surface area (Å²) in [6.07, 6.45) is 8.23. The first-order valence-corrected chi connectivity index (χ1v) is 7.38. The van der Waals surface area contributed by atoms with Gasteiger partial charge >= 0.3 is 8.69 Å². The SMILES string of the molecule is O=POC(CCCCCCCCCO)P=O. The molecule has 16 heavy (non-hydrogen) atoms. The van der Waals surface area contributed by atoms with Gasteiger partial charge in [0.25, 0.3) is 0 Å². The van der Waals surface area contributed by atoms with Gasteiger partial charge < -0.3 is 5.11 Å². The van der Waals surface area contributed by atoms with Crippen molar-refractivity contribution in [3.05, 3.63) is 0 Å². The fourth-order valence-electron chi connectivity index (χ4n) is 1.49. The second-order valence-corrected chi connectivity index (χ2v) is 4.87. The molecule has 0 saturated carbocycles. The van der Waals surface area contributed by atoms with Gasteiger partial charge in [-0.1, -0.05) is 38.5 Å². The molecule has 0 amide bonds. The van der Waals surface area contributed by atoms with E-state index in [1.807, 2.05) is 0 Å². The molecule has 0 heterocycles. The Kier molecular flexibility index (Phi) is 13.3. The van der Waals surface area contributed by atoms with Gasteiger partial charge in [0.2, 0.25) is 0 Å². The van der Waals surface area contributed by atoms with Crippen LogP contribution in [0, 0.1) is 0 Å². The molecule has 0 bridgehead atoms. The van der Waals surface area contributed by atoms with Crippen LogP contribution < -0.4 is 0 Å². The van der Waals surface area contributed by atoms with Gasteiger partial charge in [-0.2, -0.15) is 0 Å². The topological polar surface area (TPSA) is 63.6 Å². The number of hydrogen-bond acceptors (Lipinski definition) is 4. The minimum absolute atomic E-state index is 0.0884. The largest absolute Gasteiger partial charge is 0.396 e. The summed E-state index contributed by atoms with van der Waals surface area (Å²) in [7, 11) is -0.485. The minimum atomic E-state index is -0.423. The van der Waals surface area contributed by atoms with Crippen molar-refractivity contribution in [1.82, 2.24) is 0 Å². The molecule has 0 aliphatic rings. The first-order valence-electron chi connectivity index (χ1n) is 5.77. The van der Waals surface area contributed by atoms with Crippen molar-refractivity contribution in [1.29, 1.82) is 0 Å². The molecule has 1 atom stereocenters. The molecule has 4 nitrogen and oxygen atoms in total. The van der Waals surface area contributed by atoms with E-state index in [0.717, 1.165) is 32.1 Å². The number of rotatable bonds is 12. The van der Waals surface area contributed by atoms with Gasteiger partial charge in [-0.05, 0) is 12.8 Å². The van der Waals surface area contributed by atoms with Crippen molar-refractivity contribution in [3.8, 4) is 0 Å². The van der Waals surface area contributed by atoms with Crippen molar-refractivity contribution in [2.75, 3.05) is 6.61 Å². The summed E-state index contributed by atoms with van der Waals surface area (Å²) in [4.78, 5) is 0. The van der Waals surface area contributed by atoms with E-state index < -0.39 is 14.5 Å².